The molecule has 0 radical (unpaired) electrons. The first-order valence-corrected chi connectivity index (χ1v) is 5.91. The van der Waals surface area contributed by atoms with Gasteiger partial charge < -0.3 is 4.74 Å². The molecule has 17 heavy (non-hydrogen) atoms. The molecule has 0 saturated carbocycles. The zero-order valence-electron chi connectivity index (χ0n) is 10.3. The van der Waals surface area contributed by atoms with Gasteiger partial charge in [0.25, 0.3) is 0 Å². The van der Waals surface area contributed by atoms with E-state index in [1.54, 1.807) is 6.20 Å². The van der Waals surface area contributed by atoms with Crippen molar-refractivity contribution >= 4 is 0 Å². The molecule has 0 N–H and O–H groups in total. The van der Waals surface area contributed by atoms with Gasteiger partial charge in [-0.25, -0.2) is 0 Å². The number of hydrogen-bond donors (Lipinski definition) is 0. The summed E-state index contributed by atoms with van der Waals surface area (Å²) in [6, 6.07) is 10.3. The van der Waals surface area contributed by atoms with Crippen molar-refractivity contribution in [2.45, 2.75) is 26.9 Å². The van der Waals surface area contributed by atoms with Gasteiger partial charge in [0.15, 0.2) is 0 Å². The number of pyridine rings is 1. The monoisotopic (exact) mass is 227 g/mol. The van der Waals surface area contributed by atoms with E-state index >= 15 is 0 Å². The molecule has 0 aliphatic carbocycles. The van der Waals surface area contributed by atoms with E-state index in [9.17, 15) is 0 Å². The minimum absolute atomic E-state index is 0.570. The maximum absolute atomic E-state index is 5.78. The molecule has 2 heteroatoms. The van der Waals surface area contributed by atoms with Crippen molar-refractivity contribution in [1.82, 2.24) is 4.98 Å². The van der Waals surface area contributed by atoms with Gasteiger partial charge in [0, 0.05) is 18.0 Å². The third kappa shape index (κ3) is 3.06. The van der Waals surface area contributed by atoms with Gasteiger partial charge in [-0.05, 0) is 36.6 Å². The summed E-state index contributed by atoms with van der Waals surface area (Å²) >= 11 is 0. The summed E-state index contributed by atoms with van der Waals surface area (Å²) < 4.78 is 5.78. The summed E-state index contributed by atoms with van der Waals surface area (Å²) in [5.74, 6) is 0.950. The molecule has 0 amide bonds. The molecular formula is C15H17NO. The van der Waals surface area contributed by atoms with E-state index in [1.165, 1.54) is 11.1 Å². The lowest BCUT2D eigenvalue weighted by Gasteiger charge is -2.10. The second-order valence-electron chi connectivity index (χ2n) is 4.10. The van der Waals surface area contributed by atoms with Crippen LogP contribution in [0.1, 0.15) is 23.6 Å². The lowest BCUT2D eigenvalue weighted by molar-refractivity contribution is 0.303. The summed E-state index contributed by atoms with van der Waals surface area (Å²) in [5.41, 5.74) is 3.62. The van der Waals surface area contributed by atoms with Crippen molar-refractivity contribution in [3.8, 4) is 5.75 Å². The SMILES string of the molecule is CCc1ccc(OCc2cccnc2)c(C)c1. The van der Waals surface area contributed by atoms with Gasteiger partial charge in [-0.15, -0.1) is 0 Å². The lowest BCUT2D eigenvalue weighted by atomic mass is 10.1. The van der Waals surface area contributed by atoms with E-state index in [-0.39, 0.29) is 0 Å². The predicted octanol–water partition coefficient (Wildman–Crippen LogP) is 3.53. The van der Waals surface area contributed by atoms with Gasteiger partial charge in [-0.2, -0.15) is 0 Å². The summed E-state index contributed by atoms with van der Waals surface area (Å²) in [4.78, 5) is 4.07. The van der Waals surface area contributed by atoms with E-state index in [2.05, 4.69) is 31.0 Å². The average molecular weight is 227 g/mol. The highest BCUT2D eigenvalue weighted by Gasteiger charge is 2.01. The maximum Gasteiger partial charge on any atom is 0.122 e. The molecule has 1 aromatic carbocycles. The number of aromatic nitrogens is 1. The van der Waals surface area contributed by atoms with E-state index in [1.807, 2.05) is 24.4 Å². The lowest BCUT2D eigenvalue weighted by Crippen LogP contribution is -1.97. The van der Waals surface area contributed by atoms with Crippen LogP contribution in [0.4, 0.5) is 0 Å². The Morgan fingerprint density at radius 3 is 2.71 bits per heavy atom. The van der Waals surface area contributed by atoms with Crippen LogP contribution < -0.4 is 4.74 Å². The molecule has 0 unspecified atom stereocenters. The normalized spacial score (nSPS) is 10.2. The molecule has 2 rings (SSSR count). The highest BCUT2D eigenvalue weighted by molar-refractivity contribution is 5.36. The molecular weight excluding hydrogens is 210 g/mol. The number of hydrogen-bond acceptors (Lipinski definition) is 2. The minimum atomic E-state index is 0.570. The molecule has 2 aromatic rings. The molecule has 0 atom stereocenters. The minimum Gasteiger partial charge on any atom is -0.489 e. The molecule has 0 aliphatic rings. The maximum atomic E-state index is 5.78. The fraction of sp³-hybridized carbons (Fsp3) is 0.267. The van der Waals surface area contributed by atoms with Crippen LogP contribution in [0, 0.1) is 6.92 Å². The Bertz CT molecular complexity index is 480. The third-order valence-electron chi connectivity index (χ3n) is 2.76. The second kappa shape index (κ2) is 5.48. The molecule has 1 heterocycles. The molecule has 0 spiro atoms. The Morgan fingerprint density at radius 1 is 1.18 bits per heavy atom. The van der Waals surface area contributed by atoms with Gasteiger partial charge in [-0.3, -0.25) is 4.98 Å². The number of nitrogens with zero attached hydrogens (tertiary/aromatic N) is 1. The zero-order valence-corrected chi connectivity index (χ0v) is 10.3. The third-order valence-corrected chi connectivity index (χ3v) is 2.76. The molecule has 1 aromatic heterocycles. The molecule has 0 bridgehead atoms. The van der Waals surface area contributed by atoms with Gasteiger partial charge in [0.2, 0.25) is 0 Å². The molecule has 88 valence electrons. The number of benzene rings is 1. The predicted molar refractivity (Wildman–Crippen MR) is 69.1 cm³/mol. The van der Waals surface area contributed by atoms with Crippen molar-refractivity contribution in [1.29, 1.82) is 0 Å². The van der Waals surface area contributed by atoms with E-state index in [4.69, 9.17) is 4.74 Å². The van der Waals surface area contributed by atoms with Crippen molar-refractivity contribution < 1.29 is 4.74 Å². The van der Waals surface area contributed by atoms with Crippen LogP contribution in [0.3, 0.4) is 0 Å². The van der Waals surface area contributed by atoms with Crippen LogP contribution >= 0.6 is 0 Å². The van der Waals surface area contributed by atoms with E-state index in [0.717, 1.165) is 17.7 Å². The van der Waals surface area contributed by atoms with Crippen molar-refractivity contribution in [3.63, 3.8) is 0 Å². The quantitative estimate of drug-likeness (QED) is 0.797. The van der Waals surface area contributed by atoms with Crippen molar-refractivity contribution in [2.24, 2.45) is 0 Å². The van der Waals surface area contributed by atoms with Gasteiger partial charge in [0.05, 0.1) is 0 Å². The first kappa shape index (κ1) is 11.6. The fourth-order valence-corrected chi connectivity index (χ4v) is 1.74. The highest BCUT2D eigenvalue weighted by Crippen LogP contribution is 2.20. The summed E-state index contributed by atoms with van der Waals surface area (Å²) in [7, 11) is 0. The van der Waals surface area contributed by atoms with Crippen LogP contribution in [0.15, 0.2) is 42.7 Å². The summed E-state index contributed by atoms with van der Waals surface area (Å²) in [6.45, 7) is 4.81. The molecule has 0 fully saturated rings. The highest BCUT2D eigenvalue weighted by atomic mass is 16.5. The smallest absolute Gasteiger partial charge is 0.122 e. The van der Waals surface area contributed by atoms with E-state index in [0.29, 0.717) is 6.61 Å². The van der Waals surface area contributed by atoms with Crippen molar-refractivity contribution in [2.75, 3.05) is 0 Å². The van der Waals surface area contributed by atoms with Gasteiger partial charge in [0.1, 0.15) is 12.4 Å². The van der Waals surface area contributed by atoms with Crippen LogP contribution in [0.2, 0.25) is 0 Å². The largest absolute Gasteiger partial charge is 0.489 e. The number of rotatable bonds is 4. The van der Waals surface area contributed by atoms with Gasteiger partial charge in [-0.1, -0.05) is 25.1 Å². The molecule has 0 aliphatic heterocycles. The Balaban J connectivity index is 2.04. The van der Waals surface area contributed by atoms with Crippen LogP contribution in [0.5, 0.6) is 5.75 Å². The van der Waals surface area contributed by atoms with Crippen LogP contribution in [-0.2, 0) is 13.0 Å². The first-order chi connectivity index (χ1) is 8.29. The average Bonchev–Trinajstić information content (AvgIpc) is 2.38. The van der Waals surface area contributed by atoms with Crippen LogP contribution in [0.25, 0.3) is 0 Å². The summed E-state index contributed by atoms with van der Waals surface area (Å²) in [6.07, 6.45) is 4.66. The Hall–Kier alpha value is -1.83. The second-order valence-corrected chi connectivity index (χ2v) is 4.10. The number of ether oxygens (including phenoxy) is 1. The molecule has 0 saturated heterocycles. The van der Waals surface area contributed by atoms with Gasteiger partial charge >= 0.3 is 0 Å². The number of aryl methyl sites for hydroxylation is 2. The van der Waals surface area contributed by atoms with Crippen molar-refractivity contribution in [3.05, 3.63) is 59.4 Å². The fourth-order valence-electron chi connectivity index (χ4n) is 1.74. The van der Waals surface area contributed by atoms with E-state index < -0.39 is 0 Å². The Morgan fingerprint density at radius 2 is 2.06 bits per heavy atom. The topological polar surface area (TPSA) is 22.1 Å². The van der Waals surface area contributed by atoms with Crippen LogP contribution in [-0.4, -0.2) is 4.98 Å². The standard InChI is InChI=1S/C15H17NO/c1-3-13-6-7-15(12(2)9-13)17-11-14-5-4-8-16-10-14/h4-10H,3,11H2,1-2H3. The Kier molecular flexibility index (Phi) is 3.76. The molecule has 2 nitrogen and oxygen atoms in total. The first-order valence-electron chi connectivity index (χ1n) is 5.91. The summed E-state index contributed by atoms with van der Waals surface area (Å²) in [5, 5.41) is 0. The zero-order chi connectivity index (χ0) is 12.1. The Labute approximate surface area is 102 Å².